The molecule has 1 aromatic carbocycles. The fourth-order valence-corrected chi connectivity index (χ4v) is 1.85. The number of pyridine rings is 1. The minimum Gasteiger partial charge on any atom is -0.497 e. The maximum Gasteiger partial charge on any atom is 0.171 e. The normalized spacial score (nSPS) is 10.3. The number of ketones is 1. The average molecular weight is 324 g/mol. The molecule has 0 aliphatic heterocycles. The summed E-state index contributed by atoms with van der Waals surface area (Å²) < 4.78 is 19.5. The van der Waals surface area contributed by atoms with Gasteiger partial charge >= 0.3 is 0 Å². The molecule has 3 nitrogen and oxygen atoms in total. The highest BCUT2D eigenvalue weighted by Crippen LogP contribution is 2.18. The lowest BCUT2D eigenvalue weighted by atomic mass is 10.1. The zero-order valence-corrected chi connectivity index (χ0v) is 11.8. The van der Waals surface area contributed by atoms with E-state index >= 15 is 0 Å². The molecule has 5 heteroatoms. The quantitative estimate of drug-likeness (QED) is 0.809. The van der Waals surface area contributed by atoms with Crippen LogP contribution in [0.2, 0.25) is 0 Å². The maximum atomic E-state index is 13.7. The standard InChI is InChI=1S/C14H11BrFNO2/c1-19-11-4-5-12(13(16)7-11)14(18)6-10-3-2-9(15)8-17-10/h2-5,7-8H,6H2,1H3. The molecule has 0 unspecified atom stereocenters. The van der Waals surface area contributed by atoms with Gasteiger partial charge in [-0.2, -0.15) is 0 Å². The molecule has 0 aliphatic carbocycles. The molecule has 98 valence electrons. The molecule has 1 aromatic heterocycles. The van der Waals surface area contributed by atoms with Gasteiger partial charge in [0.15, 0.2) is 5.78 Å². The first-order valence-electron chi connectivity index (χ1n) is 5.57. The van der Waals surface area contributed by atoms with Crippen molar-refractivity contribution in [3.05, 3.63) is 58.1 Å². The molecule has 0 spiro atoms. The number of carbonyl (C=O) groups excluding carboxylic acids is 1. The third kappa shape index (κ3) is 3.38. The van der Waals surface area contributed by atoms with Crippen LogP contribution in [0.4, 0.5) is 4.39 Å². The Kier molecular flexibility index (Phi) is 4.27. The minimum atomic E-state index is -0.582. The minimum absolute atomic E-state index is 0.0468. The van der Waals surface area contributed by atoms with E-state index < -0.39 is 5.82 Å². The van der Waals surface area contributed by atoms with E-state index in [0.29, 0.717) is 11.4 Å². The van der Waals surface area contributed by atoms with Gasteiger partial charge in [-0.25, -0.2) is 4.39 Å². The summed E-state index contributed by atoms with van der Waals surface area (Å²) in [5.74, 6) is -0.507. The van der Waals surface area contributed by atoms with E-state index in [-0.39, 0.29) is 17.8 Å². The van der Waals surface area contributed by atoms with Crippen LogP contribution in [0.5, 0.6) is 5.75 Å². The Morgan fingerprint density at radius 2 is 2.16 bits per heavy atom. The van der Waals surface area contributed by atoms with Gasteiger partial charge in [0, 0.05) is 22.4 Å². The summed E-state index contributed by atoms with van der Waals surface area (Å²) >= 11 is 3.26. The van der Waals surface area contributed by atoms with Crippen LogP contribution in [0.1, 0.15) is 16.1 Å². The fraction of sp³-hybridized carbons (Fsp3) is 0.143. The molecule has 0 saturated heterocycles. The number of carbonyl (C=O) groups is 1. The number of hydrogen-bond acceptors (Lipinski definition) is 3. The van der Waals surface area contributed by atoms with E-state index in [1.54, 1.807) is 24.4 Å². The Labute approximate surface area is 118 Å². The van der Waals surface area contributed by atoms with Crippen molar-refractivity contribution >= 4 is 21.7 Å². The Morgan fingerprint density at radius 3 is 2.74 bits per heavy atom. The first-order valence-corrected chi connectivity index (χ1v) is 6.36. The van der Waals surface area contributed by atoms with E-state index in [1.807, 2.05) is 0 Å². The highest BCUT2D eigenvalue weighted by atomic mass is 79.9. The molecule has 0 atom stereocenters. The van der Waals surface area contributed by atoms with Crippen molar-refractivity contribution in [1.82, 2.24) is 4.98 Å². The molecular weight excluding hydrogens is 313 g/mol. The molecule has 0 saturated carbocycles. The predicted octanol–water partition coefficient (Wildman–Crippen LogP) is 3.42. The molecular formula is C14H11BrFNO2. The SMILES string of the molecule is COc1ccc(C(=O)Cc2ccc(Br)cn2)c(F)c1. The first kappa shape index (κ1) is 13.7. The number of Topliss-reactive ketones (excluding diaryl/α,β-unsaturated/α-hetero) is 1. The van der Waals surface area contributed by atoms with Gasteiger partial charge in [0.1, 0.15) is 11.6 Å². The Hall–Kier alpha value is -1.75. The molecule has 0 amide bonds. The second-order valence-electron chi connectivity index (χ2n) is 3.91. The zero-order valence-electron chi connectivity index (χ0n) is 10.2. The van der Waals surface area contributed by atoms with Gasteiger partial charge in [-0.1, -0.05) is 0 Å². The summed E-state index contributed by atoms with van der Waals surface area (Å²) in [6, 6.07) is 7.70. The molecule has 0 aliphatic rings. The van der Waals surface area contributed by atoms with Crippen LogP contribution in [-0.2, 0) is 6.42 Å². The third-order valence-electron chi connectivity index (χ3n) is 2.61. The summed E-state index contributed by atoms with van der Waals surface area (Å²) in [6.07, 6.45) is 1.67. The average Bonchev–Trinajstić information content (AvgIpc) is 2.41. The Morgan fingerprint density at radius 1 is 1.37 bits per heavy atom. The van der Waals surface area contributed by atoms with Crippen LogP contribution >= 0.6 is 15.9 Å². The molecule has 19 heavy (non-hydrogen) atoms. The van der Waals surface area contributed by atoms with Gasteiger partial charge < -0.3 is 4.74 Å². The van der Waals surface area contributed by atoms with Crippen molar-refractivity contribution in [2.24, 2.45) is 0 Å². The largest absolute Gasteiger partial charge is 0.497 e. The summed E-state index contributed by atoms with van der Waals surface area (Å²) in [6.45, 7) is 0. The Balaban J connectivity index is 2.18. The third-order valence-corrected chi connectivity index (χ3v) is 3.08. The van der Waals surface area contributed by atoms with Crippen LogP contribution in [0, 0.1) is 5.82 Å². The molecule has 2 rings (SSSR count). The number of ether oxygens (including phenoxy) is 1. The van der Waals surface area contributed by atoms with E-state index in [9.17, 15) is 9.18 Å². The van der Waals surface area contributed by atoms with Crippen molar-refractivity contribution in [2.45, 2.75) is 6.42 Å². The second kappa shape index (κ2) is 5.93. The highest BCUT2D eigenvalue weighted by Gasteiger charge is 2.13. The molecule has 0 radical (unpaired) electrons. The van der Waals surface area contributed by atoms with Gasteiger partial charge in [0.05, 0.1) is 19.1 Å². The molecule has 0 fully saturated rings. The lowest BCUT2D eigenvalue weighted by molar-refractivity contribution is 0.0988. The van der Waals surface area contributed by atoms with Gasteiger partial charge in [0.2, 0.25) is 0 Å². The van der Waals surface area contributed by atoms with Gasteiger partial charge in [0.25, 0.3) is 0 Å². The lowest BCUT2D eigenvalue weighted by Gasteiger charge is -2.05. The number of hydrogen-bond donors (Lipinski definition) is 0. The van der Waals surface area contributed by atoms with Crippen LogP contribution < -0.4 is 4.74 Å². The molecule has 1 heterocycles. The lowest BCUT2D eigenvalue weighted by Crippen LogP contribution is -2.07. The van der Waals surface area contributed by atoms with Gasteiger partial charge in [-0.15, -0.1) is 0 Å². The molecule has 2 aromatic rings. The van der Waals surface area contributed by atoms with E-state index in [1.165, 1.54) is 19.2 Å². The number of methoxy groups -OCH3 is 1. The van der Waals surface area contributed by atoms with Gasteiger partial charge in [-0.05, 0) is 40.2 Å². The number of aromatic nitrogens is 1. The van der Waals surface area contributed by atoms with Crippen LogP contribution in [0.25, 0.3) is 0 Å². The van der Waals surface area contributed by atoms with Crippen LogP contribution in [0.3, 0.4) is 0 Å². The summed E-state index contributed by atoms with van der Waals surface area (Å²) in [5.41, 5.74) is 0.647. The number of nitrogens with zero attached hydrogens (tertiary/aromatic N) is 1. The highest BCUT2D eigenvalue weighted by molar-refractivity contribution is 9.10. The van der Waals surface area contributed by atoms with Gasteiger partial charge in [-0.3, -0.25) is 9.78 Å². The molecule has 0 N–H and O–H groups in total. The van der Waals surface area contributed by atoms with E-state index in [2.05, 4.69) is 20.9 Å². The second-order valence-corrected chi connectivity index (χ2v) is 4.83. The van der Waals surface area contributed by atoms with Crippen molar-refractivity contribution in [3.63, 3.8) is 0 Å². The topological polar surface area (TPSA) is 39.2 Å². The number of benzene rings is 1. The smallest absolute Gasteiger partial charge is 0.171 e. The summed E-state index contributed by atoms with van der Waals surface area (Å²) in [7, 11) is 1.45. The zero-order chi connectivity index (χ0) is 13.8. The first-order chi connectivity index (χ1) is 9.10. The van der Waals surface area contributed by atoms with Crippen molar-refractivity contribution < 1.29 is 13.9 Å². The monoisotopic (exact) mass is 323 g/mol. The Bertz CT molecular complexity index is 599. The number of rotatable bonds is 4. The number of halogens is 2. The van der Waals surface area contributed by atoms with Crippen LogP contribution in [0.15, 0.2) is 41.0 Å². The maximum absolute atomic E-state index is 13.7. The van der Waals surface area contributed by atoms with Crippen molar-refractivity contribution in [1.29, 1.82) is 0 Å². The van der Waals surface area contributed by atoms with Crippen molar-refractivity contribution in [3.8, 4) is 5.75 Å². The predicted molar refractivity (Wildman–Crippen MR) is 72.9 cm³/mol. The van der Waals surface area contributed by atoms with Crippen molar-refractivity contribution in [2.75, 3.05) is 7.11 Å². The van der Waals surface area contributed by atoms with E-state index in [4.69, 9.17) is 4.74 Å². The fourth-order valence-electron chi connectivity index (χ4n) is 1.62. The van der Waals surface area contributed by atoms with E-state index in [0.717, 1.165) is 4.47 Å². The molecule has 0 bridgehead atoms. The summed E-state index contributed by atoms with van der Waals surface area (Å²) in [5, 5.41) is 0. The summed E-state index contributed by atoms with van der Waals surface area (Å²) in [4.78, 5) is 16.1. The van der Waals surface area contributed by atoms with Crippen LogP contribution in [-0.4, -0.2) is 17.9 Å².